The fraction of sp³-hybridized carbons (Fsp3) is 0.647. The molecule has 2 rings (SSSR count). The van der Waals surface area contributed by atoms with Crippen LogP contribution < -0.4 is 5.32 Å². The monoisotopic (exact) mass is 281 g/mol. The van der Waals surface area contributed by atoms with Gasteiger partial charge in [-0.3, -0.25) is 0 Å². The summed E-state index contributed by atoms with van der Waals surface area (Å²) in [6.45, 7) is 7.08. The van der Waals surface area contributed by atoms with Gasteiger partial charge in [0.1, 0.15) is 11.6 Å². The van der Waals surface area contributed by atoms with E-state index in [2.05, 4.69) is 26.1 Å². The molecule has 1 saturated carbocycles. The van der Waals surface area contributed by atoms with Crippen LogP contribution in [0.3, 0.4) is 0 Å². The Bertz CT molecular complexity index is 445. The molecule has 1 atom stereocenters. The van der Waals surface area contributed by atoms with Crippen LogP contribution in [-0.2, 0) is 0 Å². The fourth-order valence-electron chi connectivity index (χ4n) is 3.11. The van der Waals surface area contributed by atoms with Crippen molar-refractivity contribution in [2.45, 2.75) is 57.9 Å². The zero-order valence-corrected chi connectivity index (χ0v) is 12.7. The molecule has 1 aromatic carbocycles. The highest BCUT2D eigenvalue weighted by Gasteiger charge is 2.29. The predicted octanol–water partition coefficient (Wildman–Crippen LogP) is 4.63. The Balaban J connectivity index is 2.20. The summed E-state index contributed by atoms with van der Waals surface area (Å²) in [7, 11) is 0. The quantitative estimate of drug-likeness (QED) is 0.848. The van der Waals surface area contributed by atoms with Crippen LogP contribution in [0, 0.1) is 17.6 Å². The molecular weight excluding hydrogens is 256 g/mol. The molecule has 1 aromatic rings. The van der Waals surface area contributed by atoms with Crippen molar-refractivity contribution >= 4 is 0 Å². The molecule has 1 aliphatic rings. The maximum Gasteiger partial charge on any atom is 0.129 e. The van der Waals surface area contributed by atoms with E-state index in [1.165, 1.54) is 18.9 Å². The number of benzene rings is 1. The van der Waals surface area contributed by atoms with Gasteiger partial charge in [-0.05, 0) is 51.2 Å². The zero-order valence-electron chi connectivity index (χ0n) is 12.7. The van der Waals surface area contributed by atoms with Gasteiger partial charge in [-0.25, -0.2) is 8.78 Å². The Morgan fingerprint density at radius 3 is 2.40 bits per heavy atom. The van der Waals surface area contributed by atoms with Gasteiger partial charge in [0.05, 0.1) is 0 Å². The van der Waals surface area contributed by atoms with E-state index in [1.807, 2.05) is 0 Å². The molecule has 0 spiro atoms. The Labute approximate surface area is 120 Å². The molecule has 0 aromatic heterocycles. The molecule has 0 aliphatic heterocycles. The van der Waals surface area contributed by atoms with Gasteiger partial charge >= 0.3 is 0 Å². The second-order valence-corrected chi connectivity index (χ2v) is 6.95. The van der Waals surface area contributed by atoms with E-state index >= 15 is 0 Å². The minimum atomic E-state index is -0.500. The number of hydrogen-bond acceptors (Lipinski definition) is 1. The Morgan fingerprint density at radius 1 is 1.20 bits per heavy atom. The first-order valence-corrected chi connectivity index (χ1v) is 7.57. The summed E-state index contributed by atoms with van der Waals surface area (Å²) in [4.78, 5) is 0. The summed E-state index contributed by atoms with van der Waals surface area (Å²) in [5.74, 6) is -0.264. The molecule has 1 N–H and O–H groups in total. The molecule has 1 aliphatic carbocycles. The van der Waals surface area contributed by atoms with Gasteiger partial charge in [-0.15, -0.1) is 0 Å². The van der Waals surface area contributed by atoms with E-state index in [0.29, 0.717) is 11.5 Å². The van der Waals surface area contributed by atoms with Crippen LogP contribution in [0.4, 0.5) is 8.78 Å². The molecule has 1 nitrogen and oxygen atoms in total. The standard InChI is InChI=1S/C17H25F2N/c1-17(2,3)20-11-15(12-6-4-5-7-12)14-9-8-13(18)10-16(14)19/h8-10,12,15,20H,4-7,11H2,1-3H3. The second-order valence-electron chi connectivity index (χ2n) is 6.95. The molecule has 0 bridgehead atoms. The highest BCUT2D eigenvalue weighted by molar-refractivity contribution is 5.24. The topological polar surface area (TPSA) is 12.0 Å². The zero-order chi connectivity index (χ0) is 14.8. The molecule has 112 valence electrons. The summed E-state index contributed by atoms with van der Waals surface area (Å²) < 4.78 is 27.2. The lowest BCUT2D eigenvalue weighted by atomic mass is 9.84. The highest BCUT2D eigenvalue weighted by atomic mass is 19.1. The van der Waals surface area contributed by atoms with E-state index in [9.17, 15) is 8.78 Å². The SMILES string of the molecule is CC(C)(C)NCC(c1ccc(F)cc1F)C1CCCC1. The van der Waals surface area contributed by atoms with Crippen molar-refractivity contribution in [3.63, 3.8) is 0 Å². The second kappa shape index (κ2) is 6.21. The average Bonchev–Trinajstić information content (AvgIpc) is 2.84. The summed E-state index contributed by atoms with van der Waals surface area (Å²) >= 11 is 0. The fourth-order valence-corrected chi connectivity index (χ4v) is 3.11. The van der Waals surface area contributed by atoms with Crippen molar-refractivity contribution in [1.82, 2.24) is 5.32 Å². The molecule has 3 heteroatoms. The van der Waals surface area contributed by atoms with Gasteiger partial charge in [-0.1, -0.05) is 18.9 Å². The van der Waals surface area contributed by atoms with Crippen LogP contribution in [0.5, 0.6) is 0 Å². The third kappa shape index (κ3) is 4.02. The summed E-state index contributed by atoms with van der Waals surface area (Å²) in [6, 6.07) is 4.00. The molecule has 0 heterocycles. The van der Waals surface area contributed by atoms with Crippen molar-refractivity contribution in [3.8, 4) is 0 Å². The van der Waals surface area contributed by atoms with Crippen molar-refractivity contribution in [2.24, 2.45) is 5.92 Å². The Kier molecular flexibility index (Phi) is 4.79. The molecule has 20 heavy (non-hydrogen) atoms. The maximum atomic E-state index is 14.1. The molecule has 0 saturated heterocycles. The van der Waals surface area contributed by atoms with Gasteiger partial charge in [-0.2, -0.15) is 0 Å². The molecule has 1 unspecified atom stereocenters. The normalized spacial score (nSPS) is 18.4. The smallest absolute Gasteiger partial charge is 0.129 e. The van der Waals surface area contributed by atoms with Crippen LogP contribution in [0.1, 0.15) is 57.9 Å². The molecule has 1 fully saturated rings. The Morgan fingerprint density at radius 2 is 1.85 bits per heavy atom. The molecular formula is C17H25F2N. The van der Waals surface area contributed by atoms with Crippen LogP contribution >= 0.6 is 0 Å². The lowest BCUT2D eigenvalue weighted by Crippen LogP contribution is -2.40. The van der Waals surface area contributed by atoms with Gasteiger partial charge in [0.25, 0.3) is 0 Å². The van der Waals surface area contributed by atoms with Crippen LogP contribution in [0.15, 0.2) is 18.2 Å². The number of rotatable bonds is 4. The number of nitrogens with one attached hydrogen (secondary N) is 1. The number of hydrogen-bond donors (Lipinski definition) is 1. The van der Waals surface area contributed by atoms with E-state index < -0.39 is 11.6 Å². The summed E-state index contributed by atoms with van der Waals surface area (Å²) in [6.07, 6.45) is 4.74. The third-order valence-electron chi connectivity index (χ3n) is 4.18. The average molecular weight is 281 g/mol. The summed E-state index contributed by atoms with van der Waals surface area (Å²) in [5, 5.41) is 3.48. The van der Waals surface area contributed by atoms with Crippen LogP contribution in [0.25, 0.3) is 0 Å². The van der Waals surface area contributed by atoms with E-state index in [0.717, 1.165) is 25.5 Å². The lowest BCUT2D eigenvalue weighted by molar-refractivity contribution is 0.344. The summed E-state index contributed by atoms with van der Waals surface area (Å²) in [5.41, 5.74) is 0.669. The van der Waals surface area contributed by atoms with Crippen molar-refractivity contribution in [1.29, 1.82) is 0 Å². The van der Waals surface area contributed by atoms with Crippen LogP contribution in [-0.4, -0.2) is 12.1 Å². The lowest BCUT2D eigenvalue weighted by Gasteiger charge is -2.29. The van der Waals surface area contributed by atoms with Crippen molar-refractivity contribution in [2.75, 3.05) is 6.54 Å². The van der Waals surface area contributed by atoms with Gasteiger partial charge < -0.3 is 5.32 Å². The first kappa shape index (κ1) is 15.4. The first-order chi connectivity index (χ1) is 9.37. The van der Waals surface area contributed by atoms with Gasteiger partial charge in [0.15, 0.2) is 0 Å². The number of halogens is 2. The Hall–Kier alpha value is -0.960. The molecule has 0 radical (unpaired) electrons. The third-order valence-corrected chi connectivity index (χ3v) is 4.18. The highest BCUT2D eigenvalue weighted by Crippen LogP contribution is 2.38. The maximum absolute atomic E-state index is 14.1. The van der Waals surface area contributed by atoms with Gasteiger partial charge in [0, 0.05) is 24.1 Å². The predicted molar refractivity (Wildman–Crippen MR) is 78.8 cm³/mol. The minimum absolute atomic E-state index is 0.00730. The van der Waals surface area contributed by atoms with Crippen molar-refractivity contribution in [3.05, 3.63) is 35.4 Å². The van der Waals surface area contributed by atoms with Gasteiger partial charge in [0.2, 0.25) is 0 Å². The van der Waals surface area contributed by atoms with Crippen LogP contribution in [0.2, 0.25) is 0 Å². The first-order valence-electron chi connectivity index (χ1n) is 7.57. The largest absolute Gasteiger partial charge is 0.311 e. The van der Waals surface area contributed by atoms with Crippen molar-refractivity contribution < 1.29 is 8.78 Å². The molecule has 0 amide bonds. The van der Waals surface area contributed by atoms with E-state index in [1.54, 1.807) is 6.07 Å². The van der Waals surface area contributed by atoms with E-state index in [-0.39, 0.29) is 11.5 Å². The van der Waals surface area contributed by atoms with E-state index in [4.69, 9.17) is 0 Å². The minimum Gasteiger partial charge on any atom is -0.311 e.